The van der Waals surface area contributed by atoms with Crippen molar-refractivity contribution in [1.29, 1.82) is 0 Å². The van der Waals surface area contributed by atoms with E-state index in [-0.39, 0.29) is 17.8 Å². The zero-order valence-corrected chi connectivity index (χ0v) is 17.0. The third-order valence-electron chi connectivity index (χ3n) is 5.30. The number of benzene rings is 2. The fraction of sp³-hybridized carbons (Fsp3) is 0.348. The number of aryl methyl sites for hydroxylation is 1. The molecular formula is C23H24O6. The number of aromatic hydroxyl groups is 1. The molecule has 0 atom stereocenters. The van der Waals surface area contributed by atoms with Gasteiger partial charge in [0.1, 0.15) is 23.7 Å². The van der Waals surface area contributed by atoms with Crippen molar-refractivity contribution in [2.24, 2.45) is 5.92 Å². The lowest BCUT2D eigenvalue weighted by atomic mass is 9.96. The van der Waals surface area contributed by atoms with E-state index in [0.29, 0.717) is 63.0 Å². The number of rotatable bonds is 5. The Morgan fingerprint density at radius 3 is 2.55 bits per heavy atom. The normalized spacial score (nSPS) is 12.4. The van der Waals surface area contributed by atoms with E-state index in [4.69, 9.17) is 18.6 Å². The van der Waals surface area contributed by atoms with Gasteiger partial charge in [0.2, 0.25) is 5.43 Å². The Labute approximate surface area is 168 Å². The van der Waals surface area contributed by atoms with Crippen LogP contribution < -0.4 is 19.6 Å². The summed E-state index contributed by atoms with van der Waals surface area (Å²) in [6, 6.07) is 6.63. The predicted octanol–water partition coefficient (Wildman–Crippen LogP) is 4.66. The molecule has 6 heteroatoms. The molecule has 0 saturated carbocycles. The second kappa shape index (κ2) is 7.35. The van der Waals surface area contributed by atoms with Gasteiger partial charge in [-0.3, -0.25) is 4.79 Å². The van der Waals surface area contributed by atoms with Crippen LogP contribution in [0.15, 0.2) is 33.5 Å². The molecule has 4 rings (SSSR count). The molecule has 29 heavy (non-hydrogen) atoms. The molecule has 0 aliphatic carbocycles. The zero-order chi connectivity index (χ0) is 20.7. The first-order chi connectivity index (χ1) is 13.9. The molecular weight excluding hydrogens is 372 g/mol. The van der Waals surface area contributed by atoms with Gasteiger partial charge in [0.25, 0.3) is 0 Å². The minimum absolute atomic E-state index is 0.127. The van der Waals surface area contributed by atoms with Crippen molar-refractivity contribution in [3.63, 3.8) is 0 Å². The molecule has 1 aliphatic rings. The Morgan fingerprint density at radius 1 is 1.14 bits per heavy atom. The maximum atomic E-state index is 13.4. The van der Waals surface area contributed by atoms with Crippen molar-refractivity contribution in [2.75, 3.05) is 14.2 Å². The van der Waals surface area contributed by atoms with E-state index in [1.165, 1.54) is 0 Å². The highest BCUT2D eigenvalue weighted by atomic mass is 16.5. The van der Waals surface area contributed by atoms with Gasteiger partial charge in [-0.25, -0.2) is 0 Å². The SMILES string of the molecule is COc1cc2c(cc1OC)-c1c(oc3c(CCC(C)C)c(O)ccc3c1=O)CO2. The van der Waals surface area contributed by atoms with Crippen LogP contribution in [0.4, 0.5) is 0 Å². The summed E-state index contributed by atoms with van der Waals surface area (Å²) in [5.41, 5.74) is 2.01. The standard InChI is InChI=1S/C23H24O6/c1-12(2)5-6-13-16(24)8-7-14-22(25)21-15-9-18(26-3)19(27-4)10-17(15)28-11-20(21)29-23(13)14/h7-10,12,24H,5-6,11H2,1-4H3. The van der Waals surface area contributed by atoms with Crippen molar-refractivity contribution < 1.29 is 23.7 Å². The highest BCUT2D eigenvalue weighted by Crippen LogP contribution is 2.44. The number of fused-ring (bicyclic) bond motifs is 4. The van der Waals surface area contributed by atoms with E-state index in [1.54, 1.807) is 38.5 Å². The smallest absolute Gasteiger partial charge is 0.201 e. The Hall–Kier alpha value is -3.15. The van der Waals surface area contributed by atoms with Gasteiger partial charge in [0.05, 0.1) is 25.2 Å². The monoisotopic (exact) mass is 396 g/mol. The summed E-state index contributed by atoms with van der Waals surface area (Å²) in [5.74, 6) is 2.63. The summed E-state index contributed by atoms with van der Waals surface area (Å²) in [6.45, 7) is 4.36. The number of hydrogen-bond acceptors (Lipinski definition) is 6. The molecule has 1 aromatic heterocycles. The second-order valence-corrected chi connectivity index (χ2v) is 7.59. The molecule has 0 unspecified atom stereocenters. The van der Waals surface area contributed by atoms with Crippen LogP contribution in [-0.4, -0.2) is 19.3 Å². The molecule has 0 fully saturated rings. The summed E-state index contributed by atoms with van der Waals surface area (Å²) in [6.07, 6.45) is 1.51. The topological polar surface area (TPSA) is 78.1 Å². The Balaban J connectivity index is 1.96. The summed E-state index contributed by atoms with van der Waals surface area (Å²) in [5, 5.41) is 10.8. The van der Waals surface area contributed by atoms with Gasteiger partial charge in [-0.1, -0.05) is 13.8 Å². The fourth-order valence-electron chi connectivity index (χ4n) is 3.72. The first-order valence-electron chi connectivity index (χ1n) is 9.64. The van der Waals surface area contributed by atoms with Crippen molar-refractivity contribution >= 4 is 11.0 Å². The average Bonchev–Trinajstić information content (AvgIpc) is 2.71. The molecule has 2 heterocycles. The summed E-state index contributed by atoms with van der Waals surface area (Å²) < 4.78 is 22.7. The molecule has 1 aliphatic heterocycles. The molecule has 3 aromatic rings. The predicted molar refractivity (Wildman–Crippen MR) is 110 cm³/mol. The number of methoxy groups -OCH3 is 2. The minimum Gasteiger partial charge on any atom is -0.508 e. The summed E-state index contributed by atoms with van der Waals surface area (Å²) >= 11 is 0. The maximum absolute atomic E-state index is 13.4. The first kappa shape index (κ1) is 19.2. The molecule has 0 saturated heterocycles. The molecule has 0 bridgehead atoms. The van der Waals surface area contributed by atoms with E-state index in [1.807, 2.05) is 0 Å². The average molecular weight is 396 g/mol. The molecule has 0 radical (unpaired) electrons. The number of ether oxygens (including phenoxy) is 3. The maximum Gasteiger partial charge on any atom is 0.201 e. The minimum atomic E-state index is -0.149. The van der Waals surface area contributed by atoms with Gasteiger partial charge in [-0.2, -0.15) is 0 Å². The highest BCUT2D eigenvalue weighted by Gasteiger charge is 2.27. The van der Waals surface area contributed by atoms with E-state index < -0.39 is 0 Å². The molecule has 2 aromatic carbocycles. The Kier molecular flexibility index (Phi) is 4.86. The lowest BCUT2D eigenvalue weighted by Gasteiger charge is -2.22. The van der Waals surface area contributed by atoms with Gasteiger partial charge in [0.15, 0.2) is 17.3 Å². The van der Waals surface area contributed by atoms with E-state index in [2.05, 4.69) is 13.8 Å². The highest BCUT2D eigenvalue weighted by molar-refractivity contribution is 5.88. The van der Waals surface area contributed by atoms with Gasteiger partial charge < -0.3 is 23.7 Å². The van der Waals surface area contributed by atoms with Crippen molar-refractivity contribution in [1.82, 2.24) is 0 Å². The molecule has 0 spiro atoms. The zero-order valence-electron chi connectivity index (χ0n) is 17.0. The van der Waals surface area contributed by atoms with Crippen molar-refractivity contribution in [2.45, 2.75) is 33.3 Å². The van der Waals surface area contributed by atoms with Crippen LogP contribution in [0.1, 0.15) is 31.6 Å². The molecule has 0 amide bonds. The van der Waals surface area contributed by atoms with Crippen LogP contribution in [-0.2, 0) is 13.0 Å². The summed E-state index contributed by atoms with van der Waals surface area (Å²) in [7, 11) is 3.09. The van der Waals surface area contributed by atoms with Crippen LogP contribution in [0.5, 0.6) is 23.0 Å². The molecule has 6 nitrogen and oxygen atoms in total. The largest absolute Gasteiger partial charge is 0.508 e. The Morgan fingerprint density at radius 2 is 1.86 bits per heavy atom. The number of hydrogen-bond donors (Lipinski definition) is 1. The van der Waals surface area contributed by atoms with Gasteiger partial charge >= 0.3 is 0 Å². The van der Waals surface area contributed by atoms with Gasteiger partial charge in [-0.15, -0.1) is 0 Å². The first-order valence-corrected chi connectivity index (χ1v) is 9.64. The molecule has 152 valence electrons. The van der Waals surface area contributed by atoms with Crippen LogP contribution in [0.3, 0.4) is 0 Å². The number of phenolic OH excluding ortho intramolecular Hbond substituents is 1. The van der Waals surface area contributed by atoms with Gasteiger partial charge in [-0.05, 0) is 37.0 Å². The summed E-state index contributed by atoms with van der Waals surface area (Å²) in [4.78, 5) is 13.4. The third-order valence-corrected chi connectivity index (χ3v) is 5.30. The van der Waals surface area contributed by atoms with E-state index >= 15 is 0 Å². The lowest BCUT2D eigenvalue weighted by Crippen LogP contribution is -2.16. The van der Waals surface area contributed by atoms with Crippen molar-refractivity contribution in [3.05, 3.63) is 45.8 Å². The fourth-order valence-corrected chi connectivity index (χ4v) is 3.72. The lowest BCUT2D eigenvalue weighted by molar-refractivity contribution is 0.263. The van der Waals surface area contributed by atoms with Crippen LogP contribution >= 0.6 is 0 Å². The van der Waals surface area contributed by atoms with E-state index in [0.717, 1.165) is 6.42 Å². The molecule has 1 N–H and O–H groups in total. The van der Waals surface area contributed by atoms with Gasteiger partial charge in [0, 0.05) is 17.2 Å². The van der Waals surface area contributed by atoms with Crippen molar-refractivity contribution in [3.8, 4) is 34.1 Å². The van der Waals surface area contributed by atoms with Crippen LogP contribution in [0.2, 0.25) is 0 Å². The quantitative estimate of drug-likeness (QED) is 0.676. The third kappa shape index (κ3) is 3.18. The Bertz CT molecular complexity index is 1140. The number of phenols is 1. The second-order valence-electron chi connectivity index (χ2n) is 7.59. The van der Waals surface area contributed by atoms with Crippen LogP contribution in [0.25, 0.3) is 22.1 Å². The van der Waals surface area contributed by atoms with Crippen LogP contribution in [0, 0.1) is 5.92 Å². The van der Waals surface area contributed by atoms with E-state index in [9.17, 15) is 9.90 Å².